The number of benzene rings is 1. The average Bonchev–Trinajstić information content (AvgIpc) is 2.93. The molecular formula is C16H13NO4S. The van der Waals surface area contributed by atoms with Crippen molar-refractivity contribution in [3.8, 4) is 0 Å². The minimum atomic E-state index is -0.901. The summed E-state index contributed by atoms with van der Waals surface area (Å²) in [5.41, 5.74) is 0.0261. The van der Waals surface area contributed by atoms with Crippen LogP contribution in [0.15, 0.2) is 45.0 Å². The first-order valence-corrected chi connectivity index (χ1v) is 7.77. The Morgan fingerprint density at radius 3 is 2.77 bits per heavy atom. The van der Waals surface area contributed by atoms with Crippen LogP contribution in [0.5, 0.6) is 0 Å². The van der Waals surface area contributed by atoms with Gasteiger partial charge in [0, 0.05) is 11.9 Å². The Hall–Kier alpha value is -2.34. The molecule has 6 heteroatoms. The fourth-order valence-corrected chi connectivity index (χ4v) is 3.22. The molecule has 1 atom stereocenters. The first-order chi connectivity index (χ1) is 10.6. The van der Waals surface area contributed by atoms with E-state index in [2.05, 4.69) is 5.32 Å². The first-order valence-electron chi connectivity index (χ1n) is 6.83. The van der Waals surface area contributed by atoms with Crippen molar-refractivity contribution in [2.45, 2.75) is 12.2 Å². The number of hydrogen-bond acceptors (Lipinski definition) is 6. The predicted molar refractivity (Wildman–Crippen MR) is 86.5 cm³/mol. The highest BCUT2D eigenvalue weighted by molar-refractivity contribution is 8.04. The maximum absolute atomic E-state index is 12.6. The maximum atomic E-state index is 12.6. The van der Waals surface area contributed by atoms with Crippen LogP contribution in [0.3, 0.4) is 0 Å². The molecule has 22 heavy (non-hydrogen) atoms. The SMILES string of the molecule is CCNc1c(C(=O)C2SC=CC2=O)c(=O)oc2ccccc12. The third-order valence-electron chi connectivity index (χ3n) is 3.36. The van der Waals surface area contributed by atoms with E-state index in [1.807, 2.05) is 6.92 Å². The molecule has 0 saturated carbocycles. The van der Waals surface area contributed by atoms with Crippen LogP contribution >= 0.6 is 11.8 Å². The van der Waals surface area contributed by atoms with Gasteiger partial charge in [0.15, 0.2) is 11.6 Å². The second-order valence-electron chi connectivity index (χ2n) is 4.75. The van der Waals surface area contributed by atoms with Gasteiger partial charge in [-0.3, -0.25) is 9.59 Å². The van der Waals surface area contributed by atoms with Gasteiger partial charge in [-0.2, -0.15) is 0 Å². The molecule has 112 valence electrons. The van der Waals surface area contributed by atoms with Crippen LogP contribution in [-0.2, 0) is 4.79 Å². The van der Waals surface area contributed by atoms with E-state index in [0.717, 1.165) is 11.8 Å². The quantitative estimate of drug-likeness (QED) is 0.531. The number of anilines is 1. The van der Waals surface area contributed by atoms with Crippen molar-refractivity contribution in [3.05, 3.63) is 51.7 Å². The molecule has 1 N–H and O–H groups in total. The van der Waals surface area contributed by atoms with Crippen LogP contribution in [0.4, 0.5) is 5.69 Å². The molecule has 2 aromatic rings. The van der Waals surface area contributed by atoms with Gasteiger partial charge in [0.2, 0.25) is 0 Å². The second-order valence-corrected chi connectivity index (χ2v) is 5.77. The third kappa shape index (κ3) is 2.35. The zero-order valence-electron chi connectivity index (χ0n) is 11.8. The molecular weight excluding hydrogens is 302 g/mol. The van der Waals surface area contributed by atoms with Crippen LogP contribution in [0.1, 0.15) is 17.3 Å². The molecule has 1 aliphatic rings. The Morgan fingerprint density at radius 1 is 1.32 bits per heavy atom. The summed E-state index contributed by atoms with van der Waals surface area (Å²) >= 11 is 1.11. The number of Topliss-reactive ketones (excluding diaryl/α,β-unsaturated/α-hetero) is 1. The number of hydrogen-bond donors (Lipinski definition) is 1. The summed E-state index contributed by atoms with van der Waals surface area (Å²) in [6.07, 6.45) is 1.35. The molecule has 1 aromatic heterocycles. The lowest BCUT2D eigenvalue weighted by Gasteiger charge is -2.13. The van der Waals surface area contributed by atoms with Crippen LogP contribution < -0.4 is 10.9 Å². The van der Waals surface area contributed by atoms with E-state index in [1.54, 1.807) is 29.7 Å². The number of carbonyl (C=O) groups is 2. The lowest BCUT2D eigenvalue weighted by Crippen LogP contribution is -2.29. The molecule has 0 bridgehead atoms. The van der Waals surface area contributed by atoms with E-state index in [0.29, 0.717) is 23.2 Å². The Morgan fingerprint density at radius 2 is 2.09 bits per heavy atom. The molecule has 1 aliphatic heterocycles. The summed E-state index contributed by atoms with van der Waals surface area (Å²) in [5, 5.41) is 4.37. The van der Waals surface area contributed by atoms with Gasteiger partial charge in [0.1, 0.15) is 16.4 Å². The Balaban J connectivity index is 2.21. The van der Waals surface area contributed by atoms with E-state index in [4.69, 9.17) is 4.42 Å². The Labute approximate surface area is 130 Å². The monoisotopic (exact) mass is 315 g/mol. The lowest BCUT2D eigenvalue weighted by atomic mass is 10.0. The van der Waals surface area contributed by atoms with E-state index >= 15 is 0 Å². The number of nitrogens with one attached hydrogen (secondary N) is 1. The largest absolute Gasteiger partial charge is 0.422 e. The normalized spacial score (nSPS) is 17.1. The predicted octanol–water partition coefficient (Wildman–Crippen LogP) is 2.61. The van der Waals surface area contributed by atoms with E-state index in [9.17, 15) is 14.4 Å². The van der Waals surface area contributed by atoms with E-state index < -0.39 is 16.7 Å². The standard InChI is InChI=1S/C16H13NO4S/c1-2-17-13-9-5-3-4-6-11(9)21-16(20)12(13)14(19)15-10(18)7-8-22-15/h3-8,15,17H,2H2,1H3. The number of allylic oxidation sites excluding steroid dienone is 1. The van der Waals surface area contributed by atoms with Gasteiger partial charge in [0.25, 0.3) is 0 Å². The highest BCUT2D eigenvalue weighted by Gasteiger charge is 2.33. The van der Waals surface area contributed by atoms with Crippen molar-refractivity contribution in [2.75, 3.05) is 11.9 Å². The molecule has 0 fully saturated rings. The fourth-order valence-electron chi connectivity index (χ4n) is 2.40. The summed E-state index contributed by atoms with van der Waals surface area (Å²) in [6, 6.07) is 7.00. The van der Waals surface area contributed by atoms with Crippen molar-refractivity contribution in [2.24, 2.45) is 0 Å². The highest BCUT2D eigenvalue weighted by atomic mass is 32.2. The molecule has 3 rings (SSSR count). The molecule has 0 aliphatic carbocycles. The first kappa shape index (κ1) is 14.6. The maximum Gasteiger partial charge on any atom is 0.349 e. The Bertz CT molecular complexity index is 853. The molecule has 0 amide bonds. The van der Waals surface area contributed by atoms with Crippen LogP contribution in [0, 0.1) is 0 Å². The van der Waals surface area contributed by atoms with Crippen LogP contribution in [0.25, 0.3) is 11.0 Å². The summed E-state index contributed by atoms with van der Waals surface area (Å²) in [5.74, 6) is -0.819. The van der Waals surface area contributed by atoms with Gasteiger partial charge in [-0.15, -0.1) is 11.8 Å². The lowest BCUT2D eigenvalue weighted by molar-refractivity contribution is -0.113. The minimum Gasteiger partial charge on any atom is -0.422 e. The number of rotatable bonds is 4. The molecule has 0 radical (unpaired) electrons. The topological polar surface area (TPSA) is 76.4 Å². The van der Waals surface area contributed by atoms with Gasteiger partial charge in [-0.1, -0.05) is 12.1 Å². The molecule has 0 saturated heterocycles. The van der Waals surface area contributed by atoms with Crippen molar-refractivity contribution in [1.29, 1.82) is 0 Å². The number of thioether (sulfide) groups is 1. The number of ketones is 2. The third-order valence-corrected chi connectivity index (χ3v) is 4.37. The second kappa shape index (κ2) is 5.81. The zero-order valence-corrected chi connectivity index (χ0v) is 12.6. The molecule has 1 aromatic carbocycles. The van der Waals surface area contributed by atoms with Crippen LogP contribution in [-0.4, -0.2) is 23.4 Å². The van der Waals surface area contributed by atoms with Crippen molar-refractivity contribution in [3.63, 3.8) is 0 Å². The zero-order chi connectivity index (χ0) is 15.7. The molecule has 1 unspecified atom stereocenters. The summed E-state index contributed by atoms with van der Waals surface area (Å²) in [7, 11) is 0. The fraction of sp³-hybridized carbons (Fsp3) is 0.188. The number of carbonyl (C=O) groups excluding carboxylic acids is 2. The summed E-state index contributed by atoms with van der Waals surface area (Å²) in [4.78, 5) is 36.7. The number of para-hydroxylation sites is 1. The Kier molecular flexibility index (Phi) is 3.85. The van der Waals surface area contributed by atoms with Gasteiger partial charge in [-0.25, -0.2) is 4.79 Å². The summed E-state index contributed by atoms with van der Waals surface area (Å²) in [6.45, 7) is 2.41. The van der Waals surface area contributed by atoms with Gasteiger partial charge in [-0.05, 0) is 30.5 Å². The van der Waals surface area contributed by atoms with E-state index in [1.165, 1.54) is 6.08 Å². The van der Waals surface area contributed by atoms with Gasteiger partial charge >= 0.3 is 5.63 Å². The molecule has 2 heterocycles. The molecule has 5 nitrogen and oxygen atoms in total. The smallest absolute Gasteiger partial charge is 0.349 e. The summed E-state index contributed by atoms with van der Waals surface area (Å²) < 4.78 is 5.24. The minimum absolute atomic E-state index is 0.0879. The van der Waals surface area contributed by atoms with Crippen LogP contribution in [0.2, 0.25) is 0 Å². The van der Waals surface area contributed by atoms with Crippen molar-refractivity contribution >= 4 is 40.0 Å². The van der Waals surface area contributed by atoms with Gasteiger partial charge in [0.05, 0.1) is 5.69 Å². The highest BCUT2D eigenvalue weighted by Crippen LogP contribution is 2.30. The van der Waals surface area contributed by atoms with Crippen molar-refractivity contribution < 1.29 is 14.0 Å². The van der Waals surface area contributed by atoms with Gasteiger partial charge < -0.3 is 9.73 Å². The average molecular weight is 315 g/mol. The molecule has 0 spiro atoms. The number of fused-ring (bicyclic) bond motifs is 1. The van der Waals surface area contributed by atoms with Crippen molar-refractivity contribution in [1.82, 2.24) is 0 Å². The van der Waals surface area contributed by atoms with E-state index in [-0.39, 0.29) is 11.3 Å².